The van der Waals surface area contributed by atoms with Gasteiger partial charge >= 0.3 is 0 Å². The number of nitrogens with one attached hydrogen (secondary N) is 1. The zero-order chi connectivity index (χ0) is 22.0. The molecule has 1 fully saturated rings. The van der Waals surface area contributed by atoms with Crippen LogP contribution in [0.25, 0.3) is 10.6 Å². The number of piperidine rings is 1. The largest absolute Gasteiger partial charge is 0.368 e. The molecule has 1 atom stereocenters. The molecule has 4 rings (SSSR count). The Hall–Kier alpha value is -3.24. The van der Waals surface area contributed by atoms with Crippen LogP contribution in [0.15, 0.2) is 41.7 Å². The van der Waals surface area contributed by atoms with Crippen LogP contribution in [0.5, 0.6) is 0 Å². The van der Waals surface area contributed by atoms with Crippen LogP contribution in [0.2, 0.25) is 0 Å². The van der Waals surface area contributed by atoms with Crippen molar-refractivity contribution in [1.82, 2.24) is 9.97 Å². The third-order valence-electron chi connectivity index (χ3n) is 4.99. The van der Waals surface area contributed by atoms with Gasteiger partial charge in [-0.3, -0.25) is 14.8 Å². The van der Waals surface area contributed by atoms with E-state index in [4.69, 9.17) is 5.73 Å². The minimum absolute atomic E-state index is 0.0107. The number of carbonyl (C=O) groups is 1. The average molecular weight is 442 g/mol. The molecule has 1 amide bonds. The van der Waals surface area contributed by atoms with Crippen LogP contribution >= 0.6 is 11.3 Å². The number of amides is 1. The number of hydrogen-bond acceptors (Lipinski definition) is 7. The molecule has 1 unspecified atom stereocenters. The molecule has 1 aromatic carbocycles. The summed E-state index contributed by atoms with van der Waals surface area (Å²) in [5, 5.41) is 2.97. The quantitative estimate of drug-likeness (QED) is 0.583. The summed E-state index contributed by atoms with van der Waals surface area (Å²) in [5.74, 6) is -2.11. The van der Waals surface area contributed by atoms with Gasteiger partial charge in [0.05, 0.1) is 23.1 Å². The fraction of sp³-hybridized carbons (Fsp3) is 0.238. The van der Waals surface area contributed by atoms with Gasteiger partial charge in [0.25, 0.3) is 5.91 Å². The maximum atomic E-state index is 14.2. The second-order valence-corrected chi connectivity index (χ2v) is 8.10. The lowest BCUT2D eigenvalue weighted by atomic mass is 10.1. The Balaban J connectivity index is 1.65. The summed E-state index contributed by atoms with van der Waals surface area (Å²) in [7, 11) is 0. The number of benzene rings is 1. The van der Waals surface area contributed by atoms with Crippen LogP contribution in [0.3, 0.4) is 0 Å². The maximum Gasteiger partial charge on any atom is 0.277 e. The average Bonchev–Trinajstić information content (AvgIpc) is 3.18. The van der Waals surface area contributed by atoms with Gasteiger partial charge in [-0.2, -0.15) is 0 Å². The molecular formula is C21H20F2N6OS. The lowest BCUT2D eigenvalue weighted by Gasteiger charge is -2.33. The van der Waals surface area contributed by atoms with Gasteiger partial charge in [0.15, 0.2) is 5.69 Å². The van der Waals surface area contributed by atoms with Crippen LogP contribution in [0, 0.1) is 11.6 Å². The Morgan fingerprint density at radius 1 is 1.32 bits per heavy atom. The molecule has 2 aromatic heterocycles. The van der Waals surface area contributed by atoms with Crippen LogP contribution in [-0.2, 0) is 0 Å². The number of aliphatic imine (C=N–C) groups is 1. The summed E-state index contributed by atoms with van der Waals surface area (Å²) < 4.78 is 28.4. The van der Waals surface area contributed by atoms with E-state index in [9.17, 15) is 13.6 Å². The second-order valence-electron chi connectivity index (χ2n) is 7.12. The second kappa shape index (κ2) is 8.86. The van der Waals surface area contributed by atoms with Gasteiger partial charge in [0, 0.05) is 25.3 Å². The summed E-state index contributed by atoms with van der Waals surface area (Å²) in [6.45, 7) is 4.93. The number of rotatable bonds is 5. The Labute approximate surface area is 181 Å². The molecule has 3 aromatic rings. The number of hydrogen-bond donors (Lipinski definition) is 2. The van der Waals surface area contributed by atoms with Crippen molar-refractivity contribution in [3.63, 3.8) is 0 Å². The molecule has 0 saturated carbocycles. The molecule has 0 bridgehead atoms. The van der Waals surface area contributed by atoms with Gasteiger partial charge in [0.2, 0.25) is 0 Å². The normalized spacial score (nSPS) is 16.2. The highest BCUT2D eigenvalue weighted by atomic mass is 32.1. The molecule has 3 N–H and O–H groups in total. The van der Waals surface area contributed by atoms with Gasteiger partial charge in [0.1, 0.15) is 21.6 Å². The lowest BCUT2D eigenvalue weighted by Crippen LogP contribution is -2.43. The minimum atomic E-state index is -0.771. The molecule has 160 valence electrons. The lowest BCUT2D eigenvalue weighted by molar-refractivity contribution is 0.102. The van der Waals surface area contributed by atoms with E-state index in [1.54, 1.807) is 6.20 Å². The van der Waals surface area contributed by atoms with Crippen molar-refractivity contribution in [3.8, 4) is 10.6 Å². The standard InChI is InChI=1S/C21H20F2N6OS/c1-25-21-18(28-20(31-21)17-13(22)5-2-6-14(17)23)19(30)27-15-10-26-8-7-16(15)29-9-3-4-12(24)11-29/h2,5-8,10,12H,1,3-4,9,11,24H2,(H,27,30). The Bertz CT molecular complexity index is 1110. The van der Waals surface area contributed by atoms with E-state index in [1.165, 1.54) is 12.3 Å². The number of nitrogens with two attached hydrogens (primary N) is 1. The topological polar surface area (TPSA) is 96.5 Å². The first-order valence-corrected chi connectivity index (χ1v) is 10.5. The summed E-state index contributed by atoms with van der Waals surface area (Å²) >= 11 is 0.889. The summed E-state index contributed by atoms with van der Waals surface area (Å²) in [6, 6.07) is 5.39. The van der Waals surface area contributed by atoms with Crippen molar-refractivity contribution in [2.45, 2.75) is 18.9 Å². The van der Waals surface area contributed by atoms with Crippen LogP contribution in [0.4, 0.5) is 25.2 Å². The SMILES string of the molecule is C=Nc1sc(-c2c(F)cccc2F)nc1C(=O)Nc1cnccc1N1CCCC(N)C1. The molecule has 0 spiro atoms. The molecule has 1 aliphatic heterocycles. The zero-order valence-corrected chi connectivity index (χ0v) is 17.3. The molecule has 31 heavy (non-hydrogen) atoms. The van der Waals surface area contributed by atoms with Crippen molar-refractivity contribution >= 4 is 40.3 Å². The van der Waals surface area contributed by atoms with Gasteiger partial charge < -0.3 is 16.0 Å². The minimum Gasteiger partial charge on any atom is -0.368 e. The number of halogens is 2. The first kappa shape index (κ1) is 21.0. The molecule has 10 heteroatoms. The number of aromatic nitrogens is 2. The fourth-order valence-electron chi connectivity index (χ4n) is 3.55. The smallest absolute Gasteiger partial charge is 0.277 e. The van der Waals surface area contributed by atoms with Crippen molar-refractivity contribution in [2.75, 3.05) is 23.3 Å². The highest BCUT2D eigenvalue weighted by Crippen LogP contribution is 2.37. The van der Waals surface area contributed by atoms with E-state index in [1.807, 2.05) is 6.07 Å². The van der Waals surface area contributed by atoms with E-state index in [-0.39, 0.29) is 27.3 Å². The van der Waals surface area contributed by atoms with E-state index in [0.717, 1.165) is 48.5 Å². The summed E-state index contributed by atoms with van der Waals surface area (Å²) in [5.41, 5.74) is 7.00. The number of thiazole rings is 1. The fourth-order valence-corrected chi connectivity index (χ4v) is 4.46. The van der Waals surface area contributed by atoms with E-state index in [0.29, 0.717) is 12.2 Å². The predicted molar refractivity (Wildman–Crippen MR) is 118 cm³/mol. The van der Waals surface area contributed by atoms with Crippen molar-refractivity contribution in [3.05, 3.63) is 54.0 Å². The third kappa shape index (κ3) is 4.30. The van der Waals surface area contributed by atoms with Crippen LogP contribution in [-0.4, -0.2) is 41.7 Å². The Morgan fingerprint density at radius 3 is 2.81 bits per heavy atom. The molecule has 1 saturated heterocycles. The van der Waals surface area contributed by atoms with Crippen molar-refractivity contribution in [2.24, 2.45) is 10.7 Å². The number of anilines is 2. The first-order valence-electron chi connectivity index (χ1n) is 9.65. The van der Waals surface area contributed by atoms with Gasteiger partial charge in [-0.25, -0.2) is 13.8 Å². The third-order valence-corrected chi connectivity index (χ3v) is 5.99. The molecule has 1 aliphatic rings. The van der Waals surface area contributed by atoms with Crippen LogP contribution in [0.1, 0.15) is 23.3 Å². The highest BCUT2D eigenvalue weighted by molar-refractivity contribution is 7.19. The Morgan fingerprint density at radius 2 is 2.10 bits per heavy atom. The molecule has 7 nitrogen and oxygen atoms in total. The highest BCUT2D eigenvalue weighted by Gasteiger charge is 2.24. The van der Waals surface area contributed by atoms with Gasteiger partial charge in [-0.15, -0.1) is 0 Å². The first-order chi connectivity index (χ1) is 15.0. The number of carbonyl (C=O) groups excluding carboxylic acids is 1. The predicted octanol–water partition coefficient (Wildman–Crippen LogP) is 4.00. The zero-order valence-electron chi connectivity index (χ0n) is 16.5. The van der Waals surface area contributed by atoms with Crippen molar-refractivity contribution < 1.29 is 13.6 Å². The van der Waals surface area contributed by atoms with Crippen molar-refractivity contribution in [1.29, 1.82) is 0 Å². The monoisotopic (exact) mass is 442 g/mol. The maximum absolute atomic E-state index is 14.2. The molecule has 0 aliphatic carbocycles. The summed E-state index contributed by atoms with van der Waals surface area (Å²) in [4.78, 5) is 27.2. The summed E-state index contributed by atoms with van der Waals surface area (Å²) in [6.07, 6.45) is 5.08. The number of nitrogens with zero attached hydrogens (tertiary/aromatic N) is 4. The number of pyridine rings is 1. The molecule has 3 heterocycles. The van der Waals surface area contributed by atoms with Gasteiger partial charge in [-0.05, 0) is 37.8 Å². The van der Waals surface area contributed by atoms with Gasteiger partial charge in [-0.1, -0.05) is 17.4 Å². The van der Waals surface area contributed by atoms with E-state index < -0.39 is 17.5 Å². The molecular weight excluding hydrogens is 422 g/mol. The van der Waals surface area contributed by atoms with Crippen LogP contribution < -0.4 is 16.0 Å². The Kier molecular flexibility index (Phi) is 6.01. The van der Waals surface area contributed by atoms with E-state index in [2.05, 4.69) is 31.9 Å². The van der Waals surface area contributed by atoms with E-state index >= 15 is 0 Å². The molecule has 0 radical (unpaired) electrons.